The molecule has 0 spiro atoms. The van der Waals surface area contributed by atoms with E-state index in [1.165, 1.54) is 149 Å². The van der Waals surface area contributed by atoms with Crippen molar-refractivity contribution in [2.75, 3.05) is 0 Å². The van der Waals surface area contributed by atoms with Gasteiger partial charge < -0.3 is 0 Å². The number of rotatable bonds is 0. The lowest BCUT2D eigenvalue weighted by Gasteiger charge is -2.03. The molecule has 10 rings (SSSR count). The Morgan fingerprint density at radius 2 is 0.553 bits per heavy atom. The van der Waals surface area contributed by atoms with Crippen LogP contribution in [0.4, 0.5) is 0 Å². The molecule has 504 valence electrons. The summed E-state index contributed by atoms with van der Waals surface area (Å²) in [6.45, 7) is 65.3. The van der Waals surface area contributed by atoms with Crippen LogP contribution in [-0.2, 0) is 0 Å². The Labute approximate surface area is 590 Å². The molecule has 17 heteroatoms. The molecule has 10 heterocycles. The van der Waals surface area contributed by atoms with Crippen LogP contribution in [0.1, 0.15) is 192 Å². The Balaban J connectivity index is 0.000000617. The standard InChI is InChI=1S/C10H15N.2C9H13N.2C8H12N2.3C7H10N2.2C6H8N2/c1-6-7(2)9(4)11-10(5)8(6)3;1-6-5-10-9(4)8(3)7(6)2;1-6-5-7(2)10-9(4)8(6)3;1-5-6(2)10-8(4)7(3)9-5;1-5-6(2)9-8(4)10-7(5)3;1-5-6(2)8-4-9-7(5)3;1-5-4-8-6(2)7(3)9-5;1-5-4-8-7(3)9-6(5)2;1-5-3-7-4-8-6(5)2;1-5-6(2)8-4-3-7-5/h1-5H3;2*5H,1-4H3;2*1-4H3;3*4H,1-3H3;2*3-4H,1-2H3/p+17/i/hT17. The Bertz CT molecular complexity index is 4040. The normalized spacial score (nSPS) is 12.3. The molecule has 0 aliphatic heterocycles. The molecule has 10 aromatic rings. The zero-order valence-corrected chi connectivity index (χ0v) is 63.8. The van der Waals surface area contributed by atoms with E-state index in [1.54, 1.807) is 32.4 Å². The summed E-state index contributed by atoms with van der Waals surface area (Å²) in [7, 11) is 0. The van der Waals surface area contributed by atoms with Gasteiger partial charge in [-0.15, -0.1) is 0 Å². The van der Waals surface area contributed by atoms with Gasteiger partial charge in [-0.1, -0.05) is 0 Å². The van der Waals surface area contributed by atoms with Gasteiger partial charge in [0, 0.05) is 172 Å². The lowest BCUT2D eigenvalue weighted by atomic mass is 10.0. The number of aryl methyl sites for hydroxylation is 6. The summed E-state index contributed by atoms with van der Waals surface area (Å²) < 4.78 is 127. The maximum Gasteiger partial charge on any atom is 0.460 e. The summed E-state index contributed by atoms with van der Waals surface area (Å²) in [6.07, 6.45) is 12.7. The third kappa shape index (κ3) is 29.3. The number of aromatic amines is 17. The molecule has 0 aliphatic carbocycles. The molecule has 10 aromatic heterocycles. The van der Waals surface area contributed by atoms with Gasteiger partial charge in [0.1, 0.15) is 0 Å². The van der Waals surface area contributed by atoms with Gasteiger partial charge in [-0.3, -0.25) is 0 Å². The Kier molecular flexibility index (Phi) is 25.1. The molecule has 0 amide bonds. The zero-order valence-electron chi connectivity index (χ0n) is 80.8. The largest absolute Gasteiger partial charge is 0.460 e. The lowest BCUT2D eigenvalue weighted by Crippen LogP contribution is -2.28. The van der Waals surface area contributed by atoms with Crippen molar-refractivity contribution in [2.45, 2.75) is 235 Å². The molecule has 17 nitrogen and oxygen atoms in total. The van der Waals surface area contributed by atoms with E-state index in [0.717, 1.165) is 141 Å². The Morgan fingerprint density at radius 1 is 0.202 bits per heavy atom. The molecule has 0 saturated carbocycles. The highest BCUT2D eigenvalue weighted by molar-refractivity contribution is 5.33. The van der Waals surface area contributed by atoms with Crippen LogP contribution in [0.15, 0.2) is 55.9 Å². The third-order valence-corrected chi connectivity index (χ3v) is 16.6. The van der Waals surface area contributed by atoms with Crippen molar-refractivity contribution in [3.05, 3.63) is 248 Å². The summed E-state index contributed by atoms with van der Waals surface area (Å²) in [5.74, 6) is 1.23. The first kappa shape index (κ1) is 57.7. The third-order valence-electron chi connectivity index (χ3n) is 16.6. The fourth-order valence-electron chi connectivity index (χ4n) is 7.95. The van der Waals surface area contributed by atoms with Crippen LogP contribution in [-0.4, -0.2) is 0 Å². The smallest absolute Gasteiger partial charge is 0.215 e. The van der Waals surface area contributed by atoms with Crippen molar-refractivity contribution in [3.63, 3.8) is 0 Å². The van der Waals surface area contributed by atoms with E-state index in [2.05, 4.69) is 48.5 Å². The van der Waals surface area contributed by atoms with Crippen LogP contribution in [0.2, 0.25) is 24.0 Å². The summed E-state index contributed by atoms with van der Waals surface area (Å²) in [5, 5.41) is 0. The molecule has 17 N–H and O–H groups in total. The molecule has 0 saturated heterocycles. The zero-order chi connectivity index (χ0) is 86.8. The predicted octanol–water partition coefficient (Wildman–Crippen LogP) is 7.19. The molecule has 0 fully saturated rings. The Morgan fingerprint density at radius 3 is 1.04 bits per heavy atom. The Hall–Kier alpha value is -8.99. The first-order valence-corrected chi connectivity index (χ1v) is 31.8. The van der Waals surface area contributed by atoms with Crippen molar-refractivity contribution in [1.29, 1.82) is 0 Å². The second kappa shape index (κ2) is 40.9. The first-order valence-electron chi connectivity index (χ1n) is 39.4. The number of aromatic nitrogens is 17. The maximum absolute atomic E-state index is 7.74. The van der Waals surface area contributed by atoms with Gasteiger partial charge in [0.2, 0.25) is 69.8 Å². The van der Waals surface area contributed by atoms with E-state index in [4.69, 9.17) is 24.0 Å². The molecule has 0 atom stereocenters. The van der Waals surface area contributed by atoms with Gasteiger partial charge in [0.15, 0.2) is 81.2 Å². The van der Waals surface area contributed by atoms with Gasteiger partial charge in [-0.05, 0) is 99.8 Å². The van der Waals surface area contributed by atoms with Crippen LogP contribution in [0.3, 0.4) is 0 Å². The van der Waals surface area contributed by atoms with Gasteiger partial charge >= 0.3 is 48.3 Å². The predicted molar refractivity (Wildman–Crippen MR) is 367 cm³/mol. The molecular formula is C77H128N17+17. The van der Waals surface area contributed by atoms with Gasteiger partial charge in [-0.25, -0.2) is 44.8 Å². The number of nitrogens with one attached hydrogen (secondary N) is 17. The summed E-state index contributed by atoms with van der Waals surface area (Å²) in [4.78, 5) is 22.0. The molecule has 0 radical (unpaired) electrons. The molecular weight excluding hydrogens is 1160 g/mol. The van der Waals surface area contributed by atoms with Crippen molar-refractivity contribution in [2.24, 2.45) is 0 Å². The minimum Gasteiger partial charge on any atom is -0.215 e. The molecule has 0 unspecified atom stereocenters. The van der Waals surface area contributed by atoms with E-state index < -0.39 is 0 Å². The van der Waals surface area contributed by atoms with Crippen LogP contribution in [0, 0.1) is 235 Å². The highest BCUT2D eigenvalue weighted by Gasteiger charge is 2.15. The van der Waals surface area contributed by atoms with Crippen LogP contribution in [0.5, 0.6) is 0 Å². The van der Waals surface area contributed by atoms with Crippen molar-refractivity contribution in [1.82, 2.24) is 0 Å². The second-order valence-electron chi connectivity index (χ2n) is 23.9. The highest BCUT2D eigenvalue weighted by atomic mass is 14.9. The van der Waals surface area contributed by atoms with Crippen molar-refractivity contribution >= 4 is 0 Å². The van der Waals surface area contributed by atoms with Crippen LogP contribution >= 0.6 is 0 Å². The number of hydrogen-bond donors (Lipinski definition) is 0. The van der Waals surface area contributed by atoms with Gasteiger partial charge in [0.25, 0.3) is 0 Å². The fraction of sp³-hybridized carbons (Fsp3) is 0.442. The monoisotopic (exact) mass is 1330 g/mol. The van der Waals surface area contributed by atoms with E-state index in [9.17, 15) is 0 Å². The molecule has 0 aromatic carbocycles. The van der Waals surface area contributed by atoms with E-state index >= 15 is 0 Å². The minimum absolute atomic E-state index is 0.605. The average Bonchev–Trinajstić information content (AvgIpc) is 0.808. The first-order chi connectivity index (χ1) is 50.8. The second-order valence-corrected chi connectivity index (χ2v) is 23.9. The molecule has 0 bridgehead atoms. The molecule has 0 aliphatic rings. The highest BCUT2D eigenvalue weighted by Crippen LogP contribution is 2.14. The lowest BCUT2D eigenvalue weighted by molar-refractivity contribution is -0.554. The van der Waals surface area contributed by atoms with E-state index in [-0.39, 0.29) is 0 Å². The van der Waals surface area contributed by atoms with E-state index in [0.29, 0.717) is 11.6 Å². The van der Waals surface area contributed by atoms with Gasteiger partial charge in [0.05, 0.1) is 36.1 Å². The average molecular weight is 1330 g/mol. The maximum atomic E-state index is 7.74. The fourth-order valence-corrected chi connectivity index (χ4v) is 7.95. The number of pyridine rings is 3. The number of hydrogen-bond acceptors (Lipinski definition) is 0. The number of H-pyrrole nitrogens is 17. The quantitative estimate of drug-likeness (QED) is 0.147. The SMILES string of the molecule is [3H][n+]1c(C)c(C)[n+]([3H])c(C)c1C.[3H][n+]1c(C)c(C)c(C)[n+]([3H])c1C.[3H][n+]1c(C)c(C)c(C)c(C)c1C.[3H][n+]1c(C)cc(C)c(C)c1C.[3H][n+]1c[n+]([3H])c(C)c(C)c1C.[3H][n+]1cc(C)[n+]([3H])c(C)c1C.[3H][n+]1cc(C)c(C)[n+]([3H])c1.[3H][n+]1cc(C)c(C)[n+]([3H])c1C.[3H][n+]1cc(C)c(C)c(C)c1C.[3H][n+]1cc[n+]([3H])c(C)c1C. The van der Waals surface area contributed by atoms with Crippen LogP contribution in [0.25, 0.3) is 0 Å². The van der Waals surface area contributed by atoms with Crippen molar-refractivity contribution < 1.29 is 109 Å². The van der Waals surface area contributed by atoms with Gasteiger partial charge in [-0.2, -0.15) is 39.8 Å². The summed E-state index contributed by atoms with van der Waals surface area (Å²) >= 11 is 0. The minimum atomic E-state index is 0.605. The van der Waals surface area contributed by atoms with E-state index in [1.807, 2.05) is 185 Å². The summed E-state index contributed by atoms with van der Waals surface area (Å²) in [5.41, 5.74) is 31.5. The van der Waals surface area contributed by atoms with Crippen LogP contribution < -0.4 is 84.6 Å². The topological polar surface area (TPSA) is 240 Å². The molecule has 94 heavy (non-hydrogen) atoms. The van der Waals surface area contributed by atoms with Crippen molar-refractivity contribution in [3.8, 4) is 0 Å². The summed E-state index contributed by atoms with van der Waals surface area (Å²) in [6, 6.07) is 2.04.